The number of carbonyl (C=O) groups is 2. The van der Waals surface area contributed by atoms with Crippen molar-refractivity contribution < 1.29 is 29.7 Å². The number of aliphatic hydroxyl groups excluding tert-OH is 2. The van der Waals surface area contributed by atoms with Crippen molar-refractivity contribution in [2.24, 2.45) is 0 Å². The van der Waals surface area contributed by atoms with Crippen LogP contribution in [-0.2, 0) is 9.63 Å². The summed E-state index contributed by atoms with van der Waals surface area (Å²) >= 11 is 0. The van der Waals surface area contributed by atoms with Crippen LogP contribution in [0.5, 0.6) is 0 Å². The number of carbonyl (C=O) groups excluding carboxylic acids is 1. The number of hydrogen-bond acceptors (Lipinski definition) is 5. The van der Waals surface area contributed by atoms with Gasteiger partial charge < -0.3 is 15.3 Å². The summed E-state index contributed by atoms with van der Waals surface area (Å²) in [5, 5.41) is 29.8. The molecular formula is C13H22N2O6. The Balaban J connectivity index is 2.15. The van der Waals surface area contributed by atoms with Gasteiger partial charge in [0.1, 0.15) is 24.4 Å². The van der Waals surface area contributed by atoms with Gasteiger partial charge in [-0.3, -0.25) is 14.5 Å². The van der Waals surface area contributed by atoms with E-state index in [0.717, 1.165) is 9.96 Å². The molecule has 5 atom stereocenters. The van der Waals surface area contributed by atoms with E-state index in [-0.39, 0.29) is 0 Å². The molecule has 1 aliphatic carbocycles. The molecule has 1 saturated heterocycles. The molecule has 1 aliphatic heterocycles. The highest BCUT2D eigenvalue weighted by atomic mass is 16.7. The van der Waals surface area contributed by atoms with Gasteiger partial charge in [-0.05, 0) is 27.7 Å². The second-order valence-electron chi connectivity index (χ2n) is 6.59. The highest BCUT2D eigenvalue weighted by Gasteiger charge is 2.55. The SMILES string of the molecule is CC(C(=O)N1O[C@@H]2CC1C(O)C2O)N(C(=O)O)C(C)(C)C. The molecule has 8 nitrogen and oxygen atoms in total. The van der Waals surface area contributed by atoms with Crippen LogP contribution in [0, 0.1) is 0 Å². The lowest BCUT2D eigenvalue weighted by atomic mass is 10.0. The molecule has 2 amide bonds. The minimum absolute atomic E-state index is 0.351. The highest BCUT2D eigenvalue weighted by Crippen LogP contribution is 2.36. The molecule has 120 valence electrons. The summed E-state index contributed by atoms with van der Waals surface area (Å²) < 4.78 is 0. The molecule has 1 saturated carbocycles. The van der Waals surface area contributed by atoms with E-state index >= 15 is 0 Å². The summed E-state index contributed by atoms with van der Waals surface area (Å²) in [6.07, 6.45) is -3.54. The lowest BCUT2D eigenvalue weighted by Gasteiger charge is -2.40. The van der Waals surface area contributed by atoms with Gasteiger partial charge in [-0.2, -0.15) is 0 Å². The molecule has 2 fully saturated rings. The first-order chi connectivity index (χ1) is 9.55. The first kappa shape index (κ1) is 16.0. The van der Waals surface area contributed by atoms with E-state index in [0.29, 0.717) is 6.42 Å². The smallest absolute Gasteiger partial charge is 0.408 e. The molecule has 2 bridgehead atoms. The molecule has 0 aromatic rings. The van der Waals surface area contributed by atoms with Gasteiger partial charge in [0.25, 0.3) is 5.91 Å². The Morgan fingerprint density at radius 2 is 1.86 bits per heavy atom. The van der Waals surface area contributed by atoms with Gasteiger partial charge in [-0.15, -0.1) is 0 Å². The lowest BCUT2D eigenvalue weighted by molar-refractivity contribution is -0.242. The Labute approximate surface area is 122 Å². The average Bonchev–Trinajstić information content (AvgIpc) is 2.87. The van der Waals surface area contributed by atoms with Crippen LogP contribution in [0.2, 0.25) is 0 Å². The maximum absolute atomic E-state index is 12.5. The van der Waals surface area contributed by atoms with Crippen LogP contribution in [0.25, 0.3) is 0 Å². The molecule has 21 heavy (non-hydrogen) atoms. The zero-order chi connectivity index (χ0) is 16.1. The summed E-state index contributed by atoms with van der Waals surface area (Å²) in [5.41, 5.74) is -0.752. The average molecular weight is 302 g/mol. The van der Waals surface area contributed by atoms with E-state index in [1.807, 2.05) is 0 Å². The summed E-state index contributed by atoms with van der Waals surface area (Å²) in [5.74, 6) is -0.536. The fourth-order valence-corrected chi connectivity index (χ4v) is 3.07. The quantitative estimate of drug-likeness (QED) is 0.651. The minimum atomic E-state index is -1.20. The number of hydrogen-bond donors (Lipinski definition) is 3. The standard InChI is InChI=1S/C13H22N2O6/c1-6(14(12(19)20)13(2,3)4)11(18)15-7-5-8(21-15)10(17)9(7)16/h6-10,16-17H,5H2,1-4H3,(H,19,20)/t6?,7?,8-,9?,10?/m1/s1. The van der Waals surface area contributed by atoms with Gasteiger partial charge in [0, 0.05) is 12.0 Å². The Morgan fingerprint density at radius 1 is 1.29 bits per heavy atom. The number of nitrogens with zero attached hydrogens (tertiary/aromatic N) is 2. The normalized spacial score (nSPS) is 33.1. The van der Waals surface area contributed by atoms with Crippen molar-refractivity contribution in [1.29, 1.82) is 0 Å². The summed E-state index contributed by atoms with van der Waals surface area (Å²) in [7, 11) is 0. The van der Waals surface area contributed by atoms with E-state index in [2.05, 4.69) is 0 Å². The Morgan fingerprint density at radius 3 is 2.24 bits per heavy atom. The molecule has 1 heterocycles. The van der Waals surface area contributed by atoms with Crippen molar-refractivity contribution >= 4 is 12.0 Å². The minimum Gasteiger partial charge on any atom is -0.465 e. The molecule has 3 N–H and O–H groups in total. The van der Waals surface area contributed by atoms with Crippen LogP contribution in [0.1, 0.15) is 34.1 Å². The van der Waals surface area contributed by atoms with Gasteiger partial charge in [0.05, 0.1) is 6.04 Å². The molecule has 2 aliphatic rings. The second-order valence-corrected chi connectivity index (χ2v) is 6.59. The maximum Gasteiger partial charge on any atom is 0.408 e. The fraction of sp³-hybridized carbons (Fsp3) is 0.846. The Bertz CT molecular complexity index is 446. The van der Waals surface area contributed by atoms with Crippen LogP contribution in [0.15, 0.2) is 0 Å². The van der Waals surface area contributed by atoms with Gasteiger partial charge in [0.15, 0.2) is 0 Å². The Kier molecular flexibility index (Phi) is 3.90. The number of carboxylic acid groups (broad SMARTS) is 1. The van der Waals surface area contributed by atoms with Gasteiger partial charge in [-0.25, -0.2) is 9.86 Å². The summed E-state index contributed by atoms with van der Waals surface area (Å²) in [6.45, 7) is 6.57. The van der Waals surface area contributed by atoms with Crippen molar-refractivity contribution in [3.05, 3.63) is 0 Å². The summed E-state index contributed by atoms with van der Waals surface area (Å²) in [4.78, 5) is 30.3. The van der Waals surface area contributed by atoms with Crippen LogP contribution in [0.4, 0.5) is 4.79 Å². The van der Waals surface area contributed by atoms with Crippen molar-refractivity contribution in [3.8, 4) is 0 Å². The van der Waals surface area contributed by atoms with Crippen molar-refractivity contribution in [1.82, 2.24) is 9.96 Å². The van der Waals surface area contributed by atoms with Crippen molar-refractivity contribution in [2.75, 3.05) is 0 Å². The van der Waals surface area contributed by atoms with Crippen LogP contribution >= 0.6 is 0 Å². The monoisotopic (exact) mass is 302 g/mol. The number of aliphatic hydroxyl groups is 2. The lowest BCUT2D eigenvalue weighted by Crippen LogP contribution is -2.59. The molecule has 2 rings (SSSR count). The third-order valence-corrected chi connectivity index (χ3v) is 4.04. The second kappa shape index (κ2) is 5.11. The van der Waals surface area contributed by atoms with Crippen LogP contribution in [0.3, 0.4) is 0 Å². The number of rotatable bonds is 2. The number of hydroxylamine groups is 2. The van der Waals surface area contributed by atoms with Crippen LogP contribution in [-0.4, -0.2) is 73.2 Å². The first-order valence-corrected chi connectivity index (χ1v) is 6.94. The largest absolute Gasteiger partial charge is 0.465 e. The van der Waals surface area contributed by atoms with E-state index < -0.39 is 47.9 Å². The molecule has 0 aromatic carbocycles. The number of amides is 2. The van der Waals surface area contributed by atoms with Gasteiger partial charge in [-0.1, -0.05) is 0 Å². The van der Waals surface area contributed by atoms with E-state index in [1.165, 1.54) is 6.92 Å². The summed E-state index contributed by atoms with van der Waals surface area (Å²) in [6, 6.07) is -1.58. The topological polar surface area (TPSA) is 111 Å². The molecule has 8 heteroatoms. The predicted octanol–water partition coefficient (Wildman–Crippen LogP) is -0.210. The number of fused-ring (bicyclic) bond motifs is 2. The third kappa shape index (κ3) is 2.58. The molecule has 0 spiro atoms. The predicted molar refractivity (Wildman–Crippen MR) is 71.2 cm³/mol. The zero-order valence-corrected chi connectivity index (χ0v) is 12.6. The third-order valence-electron chi connectivity index (χ3n) is 4.04. The molecule has 0 aromatic heterocycles. The molecule has 0 radical (unpaired) electrons. The van der Waals surface area contributed by atoms with E-state index in [1.54, 1.807) is 20.8 Å². The molecular weight excluding hydrogens is 280 g/mol. The van der Waals surface area contributed by atoms with Gasteiger partial charge >= 0.3 is 6.09 Å². The van der Waals surface area contributed by atoms with Crippen LogP contribution < -0.4 is 0 Å². The van der Waals surface area contributed by atoms with Crippen molar-refractivity contribution in [3.63, 3.8) is 0 Å². The molecule has 4 unspecified atom stereocenters. The Hall–Kier alpha value is -1.38. The van der Waals surface area contributed by atoms with E-state index in [9.17, 15) is 24.9 Å². The zero-order valence-electron chi connectivity index (χ0n) is 12.6. The van der Waals surface area contributed by atoms with E-state index in [4.69, 9.17) is 4.84 Å². The highest BCUT2D eigenvalue weighted by molar-refractivity contribution is 5.85. The van der Waals surface area contributed by atoms with Gasteiger partial charge in [0.2, 0.25) is 0 Å². The maximum atomic E-state index is 12.5. The van der Waals surface area contributed by atoms with Crippen molar-refractivity contribution in [2.45, 2.75) is 70.1 Å². The fourth-order valence-electron chi connectivity index (χ4n) is 3.07. The first-order valence-electron chi connectivity index (χ1n) is 6.94.